The second-order valence-corrected chi connectivity index (χ2v) is 2.85. The number of halogens is 4. The van der Waals surface area contributed by atoms with Crippen molar-refractivity contribution >= 4 is 0 Å². The summed E-state index contributed by atoms with van der Waals surface area (Å²) in [5, 5.41) is 0. The average molecular weight is 208 g/mol. The third-order valence-corrected chi connectivity index (χ3v) is 1.68. The van der Waals surface area contributed by atoms with Gasteiger partial charge in [0.25, 0.3) is 0 Å². The first-order valence-corrected chi connectivity index (χ1v) is 3.81. The van der Waals surface area contributed by atoms with Gasteiger partial charge in [-0.25, -0.2) is 9.37 Å². The van der Waals surface area contributed by atoms with E-state index in [1.807, 2.05) is 0 Å². The van der Waals surface area contributed by atoms with Crippen molar-refractivity contribution in [1.29, 1.82) is 0 Å². The standard InChI is InChI=1S/C8H8F4N2/c1-4(13)5-2-3-14-7(6(5)9)8(10,11)12/h2-4H,13H2,1H3/t4-/m1/s1. The largest absolute Gasteiger partial charge is 0.436 e. The van der Waals surface area contributed by atoms with Gasteiger partial charge in [0.1, 0.15) is 0 Å². The fourth-order valence-corrected chi connectivity index (χ4v) is 1.01. The molecule has 14 heavy (non-hydrogen) atoms. The second-order valence-electron chi connectivity index (χ2n) is 2.85. The second kappa shape index (κ2) is 3.53. The molecular formula is C8H8F4N2. The third kappa shape index (κ3) is 2.01. The molecule has 78 valence electrons. The molecule has 1 heterocycles. The van der Waals surface area contributed by atoms with Gasteiger partial charge in [-0.05, 0) is 13.0 Å². The van der Waals surface area contributed by atoms with Crippen LogP contribution in [0, 0.1) is 5.82 Å². The van der Waals surface area contributed by atoms with Crippen LogP contribution >= 0.6 is 0 Å². The first-order valence-electron chi connectivity index (χ1n) is 3.81. The molecule has 0 aliphatic carbocycles. The highest BCUT2D eigenvalue weighted by molar-refractivity contribution is 5.23. The smallest absolute Gasteiger partial charge is 0.324 e. The van der Waals surface area contributed by atoms with E-state index >= 15 is 0 Å². The Kier molecular flexibility index (Phi) is 2.75. The van der Waals surface area contributed by atoms with E-state index in [-0.39, 0.29) is 5.56 Å². The van der Waals surface area contributed by atoms with E-state index in [1.54, 1.807) is 0 Å². The summed E-state index contributed by atoms with van der Waals surface area (Å²) in [7, 11) is 0. The Morgan fingerprint density at radius 2 is 2.00 bits per heavy atom. The maximum Gasteiger partial charge on any atom is 0.436 e. The maximum absolute atomic E-state index is 13.2. The zero-order valence-corrected chi connectivity index (χ0v) is 7.27. The molecule has 0 fully saturated rings. The van der Waals surface area contributed by atoms with Crippen LogP contribution in [0.5, 0.6) is 0 Å². The van der Waals surface area contributed by atoms with Gasteiger partial charge in [-0.2, -0.15) is 13.2 Å². The van der Waals surface area contributed by atoms with E-state index in [4.69, 9.17) is 5.73 Å². The molecule has 0 bridgehead atoms. The Morgan fingerprint density at radius 3 is 2.43 bits per heavy atom. The molecule has 0 radical (unpaired) electrons. The summed E-state index contributed by atoms with van der Waals surface area (Å²) in [5.74, 6) is -1.39. The zero-order chi connectivity index (χ0) is 10.9. The molecule has 0 aromatic carbocycles. The first-order chi connectivity index (χ1) is 6.34. The van der Waals surface area contributed by atoms with Crippen molar-refractivity contribution in [3.05, 3.63) is 29.3 Å². The van der Waals surface area contributed by atoms with Crippen LogP contribution in [0.4, 0.5) is 17.6 Å². The molecule has 1 rings (SSSR count). The molecule has 1 aromatic heterocycles. The number of nitrogens with two attached hydrogens (primary N) is 1. The number of hydrogen-bond acceptors (Lipinski definition) is 2. The lowest BCUT2D eigenvalue weighted by molar-refractivity contribution is -0.143. The molecular weight excluding hydrogens is 200 g/mol. The topological polar surface area (TPSA) is 38.9 Å². The SMILES string of the molecule is C[C@@H](N)c1ccnc(C(F)(F)F)c1F. The Morgan fingerprint density at radius 1 is 1.43 bits per heavy atom. The molecule has 0 unspecified atom stereocenters. The van der Waals surface area contributed by atoms with E-state index < -0.39 is 23.7 Å². The number of pyridine rings is 1. The predicted molar refractivity (Wildman–Crippen MR) is 41.8 cm³/mol. The molecule has 1 aromatic rings. The molecule has 0 aliphatic rings. The lowest BCUT2D eigenvalue weighted by Gasteiger charge is -2.11. The number of nitrogens with zero attached hydrogens (tertiary/aromatic N) is 1. The molecule has 6 heteroatoms. The van der Waals surface area contributed by atoms with Gasteiger partial charge < -0.3 is 5.73 Å². The van der Waals surface area contributed by atoms with Gasteiger partial charge in [0.2, 0.25) is 0 Å². The molecule has 2 N–H and O–H groups in total. The summed E-state index contributed by atoms with van der Waals surface area (Å²) in [5.41, 5.74) is 3.58. The van der Waals surface area contributed by atoms with Crippen LogP contribution in [0.3, 0.4) is 0 Å². The van der Waals surface area contributed by atoms with Crippen molar-refractivity contribution in [2.45, 2.75) is 19.1 Å². The van der Waals surface area contributed by atoms with Crippen molar-refractivity contribution in [3.8, 4) is 0 Å². The zero-order valence-electron chi connectivity index (χ0n) is 7.27. The summed E-state index contributed by atoms with van der Waals surface area (Å²) in [6, 6.07) is 0.342. The quantitative estimate of drug-likeness (QED) is 0.719. The minimum atomic E-state index is -4.78. The van der Waals surface area contributed by atoms with Gasteiger partial charge in [0.15, 0.2) is 11.5 Å². The Labute approximate surface area is 77.7 Å². The van der Waals surface area contributed by atoms with Crippen LogP contribution in [-0.4, -0.2) is 4.98 Å². The van der Waals surface area contributed by atoms with Gasteiger partial charge >= 0.3 is 6.18 Å². The van der Waals surface area contributed by atoms with Gasteiger partial charge in [0, 0.05) is 17.8 Å². The lowest BCUT2D eigenvalue weighted by Crippen LogP contribution is -2.16. The van der Waals surface area contributed by atoms with E-state index in [0.717, 1.165) is 12.3 Å². The summed E-state index contributed by atoms with van der Waals surface area (Å²) >= 11 is 0. The Hall–Kier alpha value is -1.17. The molecule has 0 saturated heterocycles. The summed E-state index contributed by atoms with van der Waals surface area (Å²) in [4.78, 5) is 2.94. The fraction of sp³-hybridized carbons (Fsp3) is 0.375. The highest BCUT2D eigenvalue weighted by Crippen LogP contribution is 2.31. The van der Waals surface area contributed by atoms with Gasteiger partial charge in [-0.3, -0.25) is 0 Å². The molecule has 0 aliphatic heterocycles. The predicted octanol–water partition coefficient (Wildman–Crippen LogP) is 2.26. The van der Waals surface area contributed by atoms with E-state index in [0.29, 0.717) is 0 Å². The van der Waals surface area contributed by atoms with Gasteiger partial charge in [0.05, 0.1) is 0 Å². The third-order valence-electron chi connectivity index (χ3n) is 1.68. The molecule has 1 atom stereocenters. The van der Waals surface area contributed by atoms with Crippen molar-refractivity contribution in [2.75, 3.05) is 0 Å². The van der Waals surface area contributed by atoms with E-state index in [2.05, 4.69) is 4.98 Å². The van der Waals surface area contributed by atoms with Crippen molar-refractivity contribution in [2.24, 2.45) is 5.73 Å². The van der Waals surface area contributed by atoms with Crippen molar-refractivity contribution in [3.63, 3.8) is 0 Å². The van der Waals surface area contributed by atoms with Gasteiger partial charge in [-0.15, -0.1) is 0 Å². The van der Waals surface area contributed by atoms with Crippen LogP contribution < -0.4 is 5.73 Å². The highest BCUT2D eigenvalue weighted by Gasteiger charge is 2.37. The van der Waals surface area contributed by atoms with E-state index in [9.17, 15) is 17.6 Å². The van der Waals surface area contributed by atoms with E-state index in [1.165, 1.54) is 6.92 Å². The minimum Gasteiger partial charge on any atom is -0.324 e. The van der Waals surface area contributed by atoms with Crippen LogP contribution in [0.1, 0.15) is 24.2 Å². The number of aromatic nitrogens is 1. The van der Waals surface area contributed by atoms with Crippen LogP contribution in [0.25, 0.3) is 0 Å². The van der Waals surface area contributed by atoms with Crippen LogP contribution in [-0.2, 0) is 6.18 Å². The Balaban J connectivity index is 3.28. The molecule has 0 amide bonds. The van der Waals surface area contributed by atoms with Crippen LogP contribution in [0.2, 0.25) is 0 Å². The normalized spacial score (nSPS) is 14.1. The lowest BCUT2D eigenvalue weighted by atomic mass is 10.1. The highest BCUT2D eigenvalue weighted by atomic mass is 19.4. The first kappa shape index (κ1) is 10.9. The fourth-order valence-electron chi connectivity index (χ4n) is 1.01. The average Bonchev–Trinajstić information content (AvgIpc) is 2.01. The summed E-state index contributed by atoms with van der Waals surface area (Å²) in [6.07, 6.45) is -3.89. The van der Waals surface area contributed by atoms with Crippen molar-refractivity contribution in [1.82, 2.24) is 4.98 Å². The summed E-state index contributed by atoms with van der Waals surface area (Å²) in [6.45, 7) is 1.40. The van der Waals surface area contributed by atoms with Gasteiger partial charge in [-0.1, -0.05) is 0 Å². The molecule has 2 nitrogen and oxygen atoms in total. The summed E-state index contributed by atoms with van der Waals surface area (Å²) < 4.78 is 49.6. The number of rotatable bonds is 1. The maximum atomic E-state index is 13.2. The monoisotopic (exact) mass is 208 g/mol. The number of alkyl halides is 3. The molecule has 0 saturated carbocycles. The van der Waals surface area contributed by atoms with Crippen LogP contribution in [0.15, 0.2) is 12.3 Å². The molecule has 0 spiro atoms. The Bertz CT molecular complexity index is 333. The van der Waals surface area contributed by atoms with Crippen molar-refractivity contribution < 1.29 is 17.6 Å². The number of hydrogen-bond donors (Lipinski definition) is 1. The minimum absolute atomic E-state index is 0.188.